The van der Waals surface area contributed by atoms with Crippen molar-refractivity contribution in [3.63, 3.8) is 0 Å². The summed E-state index contributed by atoms with van der Waals surface area (Å²) < 4.78 is 46.0. The molecule has 36 heavy (non-hydrogen) atoms. The van der Waals surface area contributed by atoms with E-state index in [2.05, 4.69) is 28.2 Å². The summed E-state index contributed by atoms with van der Waals surface area (Å²) in [5.41, 5.74) is 5.80. The number of carbonyl (C=O) groups is 1. The van der Waals surface area contributed by atoms with E-state index in [9.17, 15) is 18.0 Å². The highest BCUT2D eigenvalue weighted by molar-refractivity contribution is 9.10. The smallest absolute Gasteiger partial charge is 0.416 e. The maximum Gasteiger partial charge on any atom is 0.416 e. The van der Waals surface area contributed by atoms with Gasteiger partial charge in [0.25, 0.3) is 5.91 Å². The van der Waals surface area contributed by atoms with Crippen LogP contribution in [-0.4, -0.2) is 25.6 Å². The molecule has 0 atom stereocenters. The molecule has 4 nitrogen and oxygen atoms in total. The normalized spacial score (nSPS) is 11.5. The van der Waals surface area contributed by atoms with E-state index < -0.39 is 11.7 Å². The Balaban J connectivity index is 2.00. The maximum absolute atomic E-state index is 13.3. The van der Waals surface area contributed by atoms with E-state index in [1.54, 1.807) is 18.2 Å². The van der Waals surface area contributed by atoms with Gasteiger partial charge in [-0.3, -0.25) is 4.79 Å². The second-order valence-corrected chi connectivity index (χ2v) is 9.75. The summed E-state index contributed by atoms with van der Waals surface area (Å²) in [4.78, 5) is 12.9. The number of hydrogen-bond donors (Lipinski definition) is 2. The summed E-state index contributed by atoms with van der Waals surface area (Å²) in [5.74, 6) is 0.0780. The van der Waals surface area contributed by atoms with Gasteiger partial charge in [-0.25, -0.2) is 0 Å². The molecule has 3 N–H and O–H groups in total. The summed E-state index contributed by atoms with van der Waals surface area (Å²) in [6.07, 6.45) is 7.62. The van der Waals surface area contributed by atoms with Crippen LogP contribution in [0.3, 0.4) is 0 Å². The van der Waals surface area contributed by atoms with Gasteiger partial charge in [0, 0.05) is 23.1 Å². The Morgan fingerprint density at radius 1 is 0.972 bits per heavy atom. The molecule has 200 valence electrons. The lowest BCUT2D eigenvalue weighted by atomic mass is 9.99. The van der Waals surface area contributed by atoms with Crippen LogP contribution >= 0.6 is 15.9 Å². The maximum atomic E-state index is 13.3. The van der Waals surface area contributed by atoms with Crippen molar-refractivity contribution in [2.24, 2.45) is 5.73 Å². The Morgan fingerprint density at radius 3 is 2.22 bits per heavy atom. The van der Waals surface area contributed by atoms with Crippen LogP contribution in [0.1, 0.15) is 87.1 Å². The van der Waals surface area contributed by atoms with E-state index in [0.29, 0.717) is 33.5 Å². The summed E-state index contributed by atoms with van der Waals surface area (Å²) in [7, 11) is 0. The molecule has 2 aromatic rings. The first-order valence-corrected chi connectivity index (χ1v) is 13.7. The first kappa shape index (κ1) is 30.2. The number of rotatable bonds is 16. The zero-order chi connectivity index (χ0) is 26.4. The molecular weight excluding hydrogens is 533 g/mol. The summed E-state index contributed by atoms with van der Waals surface area (Å²) >= 11 is 3.46. The zero-order valence-corrected chi connectivity index (χ0v) is 22.6. The molecule has 0 aliphatic rings. The van der Waals surface area contributed by atoms with E-state index in [1.807, 2.05) is 0 Å². The van der Waals surface area contributed by atoms with Gasteiger partial charge in [0.05, 0.1) is 11.1 Å². The van der Waals surface area contributed by atoms with Crippen molar-refractivity contribution in [2.45, 2.75) is 77.3 Å². The molecule has 1 amide bonds. The van der Waals surface area contributed by atoms with Crippen LogP contribution < -0.4 is 15.8 Å². The topological polar surface area (TPSA) is 64.3 Å². The third-order valence-corrected chi connectivity index (χ3v) is 6.84. The van der Waals surface area contributed by atoms with Crippen molar-refractivity contribution in [3.8, 4) is 16.9 Å². The SMILES string of the molecule is CCCCCCCCCCCCNC(=O)c1ccc(OCCN)c(-c2cccc(C(F)(F)F)c2)c1Br. The van der Waals surface area contributed by atoms with Crippen LogP contribution in [0.25, 0.3) is 11.1 Å². The van der Waals surface area contributed by atoms with Crippen LogP contribution in [0.2, 0.25) is 0 Å². The predicted molar refractivity (Wildman–Crippen MR) is 143 cm³/mol. The third-order valence-electron chi connectivity index (χ3n) is 6.02. The lowest BCUT2D eigenvalue weighted by Crippen LogP contribution is -2.25. The second kappa shape index (κ2) is 15.9. The third kappa shape index (κ3) is 9.77. The number of carbonyl (C=O) groups excluding carboxylic acids is 1. The first-order valence-electron chi connectivity index (χ1n) is 12.9. The molecule has 0 aromatic heterocycles. The quantitative estimate of drug-likeness (QED) is 0.200. The minimum absolute atomic E-state index is 0.197. The number of alkyl halides is 3. The number of ether oxygens (including phenoxy) is 1. The Labute approximate surface area is 221 Å². The van der Waals surface area contributed by atoms with Crippen molar-refractivity contribution in [3.05, 3.63) is 52.0 Å². The van der Waals surface area contributed by atoms with Gasteiger partial charge in [-0.2, -0.15) is 13.2 Å². The Morgan fingerprint density at radius 2 is 1.61 bits per heavy atom. The van der Waals surface area contributed by atoms with E-state index in [4.69, 9.17) is 10.5 Å². The van der Waals surface area contributed by atoms with Gasteiger partial charge in [-0.15, -0.1) is 0 Å². The highest BCUT2D eigenvalue weighted by Gasteiger charge is 2.31. The molecule has 0 spiro atoms. The van der Waals surface area contributed by atoms with E-state index in [0.717, 1.165) is 31.4 Å². The van der Waals surface area contributed by atoms with Crippen LogP contribution in [0, 0.1) is 0 Å². The fraction of sp³-hybridized carbons (Fsp3) is 0.536. The molecule has 0 unspecified atom stereocenters. The molecule has 0 aliphatic carbocycles. The van der Waals surface area contributed by atoms with Crippen molar-refractivity contribution in [1.29, 1.82) is 0 Å². The summed E-state index contributed by atoms with van der Waals surface area (Å²) in [5, 5.41) is 2.93. The lowest BCUT2D eigenvalue weighted by molar-refractivity contribution is -0.137. The number of amides is 1. The number of benzene rings is 2. The molecule has 0 saturated carbocycles. The predicted octanol–water partition coefficient (Wildman–Crippen LogP) is 8.12. The minimum Gasteiger partial charge on any atom is -0.492 e. The molecule has 0 radical (unpaired) electrons. The van der Waals surface area contributed by atoms with Crippen LogP contribution in [-0.2, 0) is 6.18 Å². The minimum atomic E-state index is -4.48. The van der Waals surface area contributed by atoms with E-state index >= 15 is 0 Å². The average Bonchev–Trinajstić information content (AvgIpc) is 2.85. The fourth-order valence-electron chi connectivity index (χ4n) is 4.05. The van der Waals surface area contributed by atoms with Crippen molar-refractivity contribution < 1.29 is 22.7 Å². The van der Waals surface area contributed by atoms with E-state index in [-0.39, 0.29) is 19.1 Å². The summed E-state index contributed by atoms with van der Waals surface area (Å²) in [6.45, 7) is 3.22. The molecule has 0 saturated heterocycles. The number of unbranched alkanes of at least 4 members (excludes halogenated alkanes) is 9. The molecular formula is C28H38BrF3N2O2. The van der Waals surface area contributed by atoms with Crippen molar-refractivity contribution in [2.75, 3.05) is 19.7 Å². The van der Waals surface area contributed by atoms with Gasteiger partial charge in [-0.1, -0.05) is 76.8 Å². The standard InChI is InChI=1S/C28H38BrF3N2O2/c1-2-3-4-5-6-7-8-9-10-11-18-34-27(35)23-15-16-24(36-19-17-33)25(26(23)29)21-13-12-14-22(20-21)28(30,31)32/h12-16,20H,2-11,17-19,33H2,1H3,(H,34,35). The van der Waals surface area contributed by atoms with E-state index in [1.165, 1.54) is 51.0 Å². The summed E-state index contributed by atoms with van der Waals surface area (Å²) in [6, 6.07) is 8.19. The van der Waals surface area contributed by atoms with Gasteiger partial charge < -0.3 is 15.8 Å². The Bertz CT molecular complexity index is 951. The lowest BCUT2D eigenvalue weighted by Gasteiger charge is -2.17. The second-order valence-electron chi connectivity index (χ2n) is 8.95. The number of hydrogen-bond acceptors (Lipinski definition) is 3. The van der Waals surface area contributed by atoms with Crippen LogP contribution in [0.15, 0.2) is 40.9 Å². The van der Waals surface area contributed by atoms with Crippen molar-refractivity contribution in [1.82, 2.24) is 5.32 Å². The van der Waals surface area contributed by atoms with Crippen LogP contribution in [0.5, 0.6) is 5.75 Å². The first-order chi connectivity index (χ1) is 17.3. The van der Waals surface area contributed by atoms with Gasteiger partial charge in [0.2, 0.25) is 0 Å². The molecule has 0 fully saturated rings. The van der Waals surface area contributed by atoms with Crippen LogP contribution in [0.4, 0.5) is 13.2 Å². The molecule has 8 heteroatoms. The number of nitrogens with two attached hydrogens (primary N) is 1. The molecule has 0 bridgehead atoms. The molecule has 0 heterocycles. The van der Waals surface area contributed by atoms with Gasteiger partial charge >= 0.3 is 6.18 Å². The molecule has 2 aromatic carbocycles. The number of nitrogens with one attached hydrogen (secondary N) is 1. The monoisotopic (exact) mass is 570 g/mol. The Kier molecular flexibility index (Phi) is 13.3. The number of halogens is 4. The fourth-order valence-corrected chi connectivity index (χ4v) is 4.79. The van der Waals surface area contributed by atoms with Gasteiger partial charge in [0.15, 0.2) is 0 Å². The highest BCUT2D eigenvalue weighted by Crippen LogP contribution is 2.41. The van der Waals surface area contributed by atoms with Gasteiger partial charge in [-0.05, 0) is 52.2 Å². The highest BCUT2D eigenvalue weighted by atomic mass is 79.9. The molecule has 2 rings (SSSR count). The zero-order valence-electron chi connectivity index (χ0n) is 21.1. The average molecular weight is 572 g/mol. The molecule has 0 aliphatic heterocycles. The van der Waals surface area contributed by atoms with Crippen molar-refractivity contribution >= 4 is 21.8 Å². The van der Waals surface area contributed by atoms with Gasteiger partial charge in [0.1, 0.15) is 12.4 Å². The Hall–Kier alpha value is -2.06. The largest absolute Gasteiger partial charge is 0.492 e.